The van der Waals surface area contributed by atoms with Crippen molar-refractivity contribution < 1.29 is 8.42 Å². The maximum absolute atomic E-state index is 12.7. The standard InChI is InChI=1S/C13H20N2O2S2/c1-10-6-7-13(18-10)19(16,17)15-9-3-5-12(15)11-4-2-8-14-11/h6-7,11-12,14H,2-5,8-9H2,1H3. The van der Waals surface area contributed by atoms with E-state index in [-0.39, 0.29) is 6.04 Å². The number of sulfonamides is 1. The van der Waals surface area contributed by atoms with Gasteiger partial charge >= 0.3 is 0 Å². The van der Waals surface area contributed by atoms with Crippen molar-refractivity contribution in [3.05, 3.63) is 17.0 Å². The molecule has 0 bridgehead atoms. The molecule has 2 fully saturated rings. The molecule has 0 radical (unpaired) electrons. The highest BCUT2D eigenvalue weighted by Crippen LogP contribution is 2.32. The number of nitrogens with zero attached hydrogens (tertiary/aromatic N) is 1. The molecular weight excluding hydrogens is 280 g/mol. The van der Waals surface area contributed by atoms with E-state index in [1.165, 1.54) is 11.3 Å². The van der Waals surface area contributed by atoms with Crippen molar-refractivity contribution in [3.8, 4) is 0 Å². The average Bonchev–Trinajstić information content (AvgIpc) is 3.09. The Kier molecular flexibility index (Phi) is 3.68. The van der Waals surface area contributed by atoms with Crippen molar-refractivity contribution in [1.29, 1.82) is 0 Å². The fourth-order valence-electron chi connectivity index (χ4n) is 3.17. The lowest BCUT2D eigenvalue weighted by atomic mass is 10.1. The number of rotatable bonds is 3. The Morgan fingerprint density at radius 3 is 2.79 bits per heavy atom. The Morgan fingerprint density at radius 2 is 2.16 bits per heavy atom. The number of hydrogen-bond acceptors (Lipinski definition) is 4. The van der Waals surface area contributed by atoms with Gasteiger partial charge in [0.2, 0.25) is 0 Å². The first-order valence-electron chi connectivity index (χ1n) is 6.91. The topological polar surface area (TPSA) is 49.4 Å². The van der Waals surface area contributed by atoms with E-state index >= 15 is 0 Å². The smallest absolute Gasteiger partial charge is 0.252 e. The van der Waals surface area contributed by atoms with Crippen LogP contribution in [0.5, 0.6) is 0 Å². The van der Waals surface area contributed by atoms with Gasteiger partial charge in [-0.05, 0) is 51.3 Å². The van der Waals surface area contributed by atoms with E-state index in [2.05, 4.69) is 5.32 Å². The summed E-state index contributed by atoms with van der Waals surface area (Å²) < 4.78 is 27.7. The molecule has 2 aliphatic heterocycles. The zero-order valence-corrected chi connectivity index (χ0v) is 12.8. The molecule has 2 saturated heterocycles. The Labute approximate surface area is 118 Å². The molecule has 6 heteroatoms. The molecule has 1 N–H and O–H groups in total. The lowest BCUT2D eigenvalue weighted by Crippen LogP contribution is -2.46. The lowest BCUT2D eigenvalue weighted by molar-refractivity contribution is 0.322. The molecule has 106 valence electrons. The molecule has 2 aliphatic rings. The van der Waals surface area contributed by atoms with E-state index in [9.17, 15) is 8.42 Å². The molecule has 2 atom stereocenters. The van der Waals surface area contributed by atoms with Gasteiger partial charge in [0.1, 0.15) is 4.21 Å². The maximum atomic E-state index is 12.7. The summed E-state index contributed by atoms with van der Waals surface area (Å²) >= 11 is 1.38. The van der Waals surface area contributed by atoms with Gasteiger partial charge in [-0.15, -0.1) is 11.3 Å². The molecule has 0 amide bonds. The normalized spacial score (nSPS) is 29.1. The van der Waals surface area contributed by atoms with Crippen LogP contribution in [0.3, 0.4) is 0 Å². The summed E-state index contributed by atoms with van der Waals surface area (Å²) in [6.45, 7) is 3.64. The first-order valence-corrected chi connectivity index (χ1v) is 9.16. The van der Waals surface area contributed by atoms with Crippen LogP contribution >= 0.6 is 11.3 Å². The van der Waals surface area contributed by atoms with Gasteiger partial charge in [-0.3, -0.25) is 0 Å². The van der Waals surface area contributed by atoms with Gasteiger partial charge in [0, 0.05) is 23.5 Å². The molecule has 3 heterocycles. The average molecular weight is 300 g/mol. The van der Waals surface area contributed by atoms with Gasteiger partial charge in [-0.2, -0.15) is 4.31 Å². The fraction of sp³-hybridized carbons (Fsp3) is 0.692. The molecular formula is C13H20N2O2S2. The summed E-state index contributed by atoms with van der Waals surface area (Å²) in [4.78, 5) is 1.05. The van der Waals surface area contributed by atoms with Crippen LogP contribution in [0.1, 0.15) is 30.6 Å². The second-order valence-corrected chi connectivity index (χ2v) is 8.80. The zero-order chi connectivity index (χ0) is 13.5. The van der Waals surface area contributed by atoms with Crippen molar-refractivity contribution in [1.82, 2.24) is 9.62 Å². The van der Waals surface area contributed by atoms with Crippen LogP contribution in [-0.4, -0.2) is 37.9 Å². The second-order valence-electron chi connectivity index (χ2n) is 5.39. The third kappa shape index (κ3) is 2.46. The van der Waals surface area contributed by atoms with Crippen molar-refractivity contribution in [2.24, 2.45) is 0 Å². The third-order valence-electron chi connectivity index (χ3n) is 4.09. The molecule has 3 rings (SSSR count). The highest BCUT2D eigenvalue weighted by atomic mass is 32.2. The van der Waals surface area contributed by atoms with Crippen LogP contribution in [-0.2, 0) is 10.0 Å². The van der Waals surface area contributed by atoms with Gasteiger partial charge in [0.25, 0.3) is 10.0 Å². The van der Waals surface area contributed by atoms with Crippen molar-refractivity contribution >= 4 is 21.4 Å². The molecule has 0 aromatic carbocycles. The Bertz CT molecular complexity index is 547. The second kappa shape index (κ2) is 5.16. The van der Waals surface area contributed by atoms with E-state index < -0.39 is 10.0 Å². The largest absolute Gasteiger partial charge is 0.312 e. The zero-order valence-electron chi connectivity index (χ0n) is 11.1. The molecule has 19 heavy (non-hydrogen) atoms. The molecule has 2 unspecified atom stereocenters. The Morgan fingerprint density at radius 1 is 1.32 bits per heavy atom. The van der Waals surface area contributed by atoms with E-state index in [4.69, 9.17) is 0 Å². The monoisotopic (exact) mass is 300 g/mol. The summed E-state index contributed by atoms with van der Waals surface area (Å²) in [6.07, 6.45) is 4.22. The molecule has 4 nitrogen and oxygen atoms in total. The van der Waals surface area contributed by atoms with Gasteiger partial charge in [0.15, 0.2) is 0 Å². The summed E-state index contributed by atoms with van der Waals surface area (Å²) in [5.74, 6) is 0. The van der Waals surface area contributed by atoms with Gasteiger partial charge < -0.3 is 5.32 Å². The van der Waals surface area contributed by atoms with Crippen LogP contribution in [0.15, 0.2) is 16.3 Å². The molecule has 1 aromatic heterocycles. The summed E-state index contributed by atoms with van der Waals surface area (Å²) in [5, 5.41) is 3.45. The minimum absolute atomic E-state index is 0.148. The minimum atomic E-state index is -3.29. The number of hydrogen-bond donors (Lipinski definition) is 1. The highest BCUT2D eigenvalue weighted by molar-refractivity contribution is 7.91. The lowest BCUT2D eigenvalue weighted by Gasteiger charge is -2.28. The number of aryl methyl sites for hydroxylation is 1. The molecule has 0 saturated carbocycles. The van der Waals surface area contributed by atoms with E-state index in [1.807, 2.05) is 13.0 Å². The molecule has 1 aromatic rings. The van der Waals surface area contributed by atoms with Crippen molar-refractivity contribution in [2.75, 3.05) is 13.1 Å². The van der Waals surface area contributed by atoms with Crippen LogP contribution < -0.4 is 5.32 Å². The van der Waals surface area contributed by atoms with E-state index in [0.717, 1.165) is 37.1 Å². The first kappa shape index (κ1) is 13.5. The summed E-state index contributed by atoms with van der Waals surface area (Å²) in [7, 11) is -3.29. The summed E-state index contributed by atoms with van der Waals surface area (Å²) in [5.41, 5.74) is 0. The Hall–Kier alpha value is -0.430. The van der Waals surface area contributed by atoms with Gasteiger partial charge in [-0.25, -0.2) is 8.42 Å². The predicted molar refractivity (Wildman–Crippen MR) is 77.0 cm³/mol. The third-order valence-corrected chi connectivity index (χ3v) is 7.48. The van der Waals surface area contributed by atoms with Crippen LogP contribution in [0.2, 0.25) is 0 Å². The Balaban J connectivity index is 1.87. The van der Waals surface area contributed by atoms with Crippen LogP contribution in [0.25, 0.3) is 0 Å². The fourth-order valence-corrected chi connectivity index (χ4v) is 6.31. The number of nitrogens with one attached hydrogen (secondary N) is 1. The predicted octanol–water partition coefficient (Wildman–Crippen LogP) is 1.96. The first-order chi connectivity index (χ1) is 9.09. The van der Waals surface area contributed by atoms with Gasteiger partial charge in [0.05, 0.1) is 0 Å². The molecule has 0 aliphatic carbocycles. The number of thiophene rings is 1. The molecule has 0 spiro atoms. The van der Waals surface area contributed by atoms with Gasteiger partial charge in [-0.1, -0.05) is 0 Å². The van der Waals surface area contributed by atoms with Crippen LogP contribution in [0.4, 0.5) is 0 Å². The minimum Gasteiger partial charge on any atom is -0.312 e. The van der Waals surface area contributed by atoms with Crippen LogP contribution in [0, 0.1) is 6.92 Å². The quantitative estimate of drug-likeness (QED) is 0.928. The summed E-state index contributed by atoms with van der Waals surface area (Å²) in [6, 6.07) is 4.12. The highest BCUT2D eigenvalue weighted by Gasteiger charge is 2.40. The van der Waals surface area contributed by atoms with E-state index in [0.29, 0.717) is 16.8 Å². The van der Waals surface area contributed by atoms with E-state index in [1.54, 1.807) is 10.4 Å². The maximum Gasteiger partial charge on any atom is 0.252 e. The van der Waals surface area contributed by atoms with Crippen molar-refractivity contribution in [2.45, 2.75) is 48.9 Å². The SMILES string of the molecule is Cc1ccc(S(=O)(=O)N2CCCC2C2CCCN2)s1. The van der Waals surface area contributed by atoms with Crippen molar-refractivity contribution in [3.63, 3.8) is 0 Å².